The van der Waals surface area contributed by atoms with Gasteiger partial charge in [-0.1, -0.05) is 29.8 Å². The minimum Gasteiger partial charge on any atom is -0.387 e. The molecule has 0 spiro atoms. The summed E-state index contributed by atoms with van der Waals surface area (Å²) < 4.78 is 1.83. The van der Waals surface area contributed by atoms with E-state index in [1.165, 1.54) is 5.56 Å². The third-order valence-electron chi connectivity index (χ3n) is 4.14. The van der Waals surface area contributed by atoms with Crippen molar-refractivity contribution in [3.8, 4) is 0 Å². The van der Waals surface area contributed by atoms with Gasteiger partial charge in [-0.3, -0.25) is 9.58 Å². The van der Waals surface area contributed by atoms with Gasteiger partial charge in [0, 0.05) is 42.0 Å². The normalized spacial score (nSPS) is 20.8. The lowest BCUT2D eigenvalue weighted by atomic mass is 10.1. The minimum absolute atomic E-state index is 0.343. The summed E-state index contributed by atoms with van der Waals surface area (Å²) in [7, 11) is 1.93. The van der Waals surface area contributed by atoms with Crippen LogP contribution in [0.2, 0.25) is 5.02 Å². The molecule has 2 aromatic rings. The molecule has 1 saturated heterocycles. The van der Waals surface area contributed by atoms with Crippen molar-refractivity contribution in [3.63, 3.8) is 0 Å². The Hall–Kier alpha value is -1.36. The van der Waals surface area contributed by atoms with Gasteiger partial charge in [0.1, 0.15) is 0 Å². The average molecular weight is 306 g/mol. The van der Waals surface area contributed by atoms with E-state index < -0.39 is 6.10 Å². The van der Waals surface area contributed by atoms with E-state index in [2.05, 4.69) is 16.2 Å². The number of rotatable bonds is 4. The minimum atomic E-state index is -0.559. The number of nitrogens with zero attached hydrogens (tertiary/aromatic N) is 3. The first-order chi connectivity index (χ1) is 10.1. The number of aliphatic hydroxyl groups is 1. The summed E-state index contributed by atoms with van der Waals surface area (Å²) >= 11 is 6.17. The summed E-state index contributed by atoms with van der Waals surface area (Å²) in [4.78, 5) is 2.32. The molecule has 0 unspecified atom stereocenters. The highest BCUT2D eigenvalue weighted by Crippen LogP contribution is 2.34. The summed E-state index contributed by atoms with van der Waals surface area (Å²) in [6.07, 6.45) is 5.68. The molecule has 0 saturated carbocycles. The van der Waals surface area contributed by atoms with Crippen LogP contribution in [-0.2, 0) is 7.05 Å². The van der Waals surface area contributed by atoms with Gasteiger partial charge in [0.05, 0.1) is 12.3 Å². The van der Waals surface area contributed by atoms with Crippen molar-refractivity contribution in [1.29, 1.82) is 0 Å². The number of likely N-dealkylation sites (tertiary alicyclic amines) is 1. The van der Waals surface area contributed by atoms with Crippen LogP contribution in [0.15, 0.2) is 36.7 Å². The second-order valence-electron chi connectivity index (χ2n) is 5.64. The van der Waals surface area contributed by atoms with Crippen LogP contribution in [0, 0.1) is 0 Å². The molecule has 1 aromatic carbocycles. The van der Waals surface area contributed by atoms with Crippen LogP contribution in [0.5, 0.6) is 0 Å². The third-order valence-corrected chi connectivity index (χ3v) is 4.49. The molecule has 2 heterocycles. The maximum Gasteiger partial charge on any atom is 0.0931 e. The van der Waals surface area contributed by atoms with Gasteiger partial charge in [-0.05, 0) is 25.5 Å². The van der Waals surface area contributed by atoms with Crippen molar-refractivity contribution in [1.82, 2.24) is 14.7 Å². The average Bonchev–Trinajstić information content (AvgIpc) is 3.08. The van der Waals surface area contributed by atoms with Gasteiger partial charge in [0.15, 0.2) is 0 Å². The molecule has 1 aliphatic heterocycles. The molecule has 1 N–H and O–H groups in total. The first kappa shape index (κ1) is 14.6. The summed E-state index contributed by atoms with van der Waals surface area (Å²) in [5.41, 5.74) is 2.03. The molecule has 3 rings (SSSR count). The van der Waals surface area contributed by atoms with Gasteiger partial charge >= 0.3 is 0 Å². The lowest BCUT2D eigenvalue weighted by Gasteiger charge is -2.26. The highest BCUT2D eigenvalue weighted by Gasteiger charge is 2.29. The van der Waals surface area contributed by atoms with Crippen molar-refractivity contribution in [2.45, 2.75) is 25.0 Å². The summed E-state index contributed by atoms with van der Waals surface area (Å²) in [5.74, 6) is 0. The van der Waals surface area contributed by atoms with Crippen LogP contribution < -0.4 is 0 Å². The van der Waals surface area contributed by atoms with E-state index in [1.54, 1.807) is 0 Å². The molecule has 0 aliphatic carbocycles. The molecule has 2 atom stereocenters. The SMILES string of the molecule is Cn1cc([C@@H]2CCCN2C[C@@H](O)c2ccccc2Cl)cn1. The van der Waals surface area contributed by atoms with Gasteiger partial charge < -0.3 is 5.11 Å². The molecule has 0 amide bonds. The summed E-state index contributed by atoms with van der Waals surface area (Å²) in [6, 6.07) is 7.85. The highest BCUT2D eigenvalue weighted by atomic mass is 35.5. The van der Waals surface area contributed by atoms with Crippen LogP contribution in [0.1, 0.15) is 36.1 Å². The predicted octanol–water partition coefficient (Wildman–Crippen LogP) is 2.94. The van der Waals surface area contributed by atoms with E-state index in [0.717, 1.165) is 24.9 Å². The molecule has 1 fully saturated rings. The number of hydrogen-bond acceptors (Lipinski definition) is 3. The van der Waals surface area contributed by atoms with Crippen LogP contribution in [0.3, 0.4) is 0 Å². The molecular weight excluding hydrogens is 286 g/mol. The Labute approximate surface area is 130 Å². The second kappa shape index (κ2) is 6.18. The van der Waals surface area contributed by atoms with Gasteiger partial charge in [-0.15, -0.1) is 0 Å². The fraction of sp³-hybridized carbons (Fsp3) is 0.438. The van der Waals surface area contributed by atoms with E-state index in [4.69, 9.17) is 11.6 Å². The van der Waals surface area contributed by atoms with Crippen molar-refractivity contribution < 1.29 is 5.11 Å². The van der Waals surface area contributed by atoms with Crippen molar-refractivity contribution in [2.24, 2.45) is 7.05 Å². The molecule has 5 heteroatoms. The maximum atomic E-state index is 10.5. The number of aliphatic hydroxyl groups excluding tert-OH is 1. The second-order valence-corrected chi connectivity index (χ2v) is 6.04. The van der Waals surface area contributed by atoms with Gasteiger partial charge in [0.25, 0.3) is 0 Å². The first-order valence-electron chi connectivity index (χ1n) is 7.30. The zero-order valence-electron chi connectivity index (χ0n) is 12.1. The molecule has 112 valence electrons. The topological polar surface area (TPSA) is 41.3 Å². The standard InChI is InChI=1S/C16H20ClN3O/c1-19-10-12(9-18-19)15-7-4-8-20(15)11-16(21)13-5-2-3-6-14(13)17/h2-3,5-6,9-10,15-16,21H,4,7-8,11H2,1H3/t15-,16+/m0/s1. The van der Waals surface area contributed by atoms with Crippen LogP contribution >= 0.6 is 11.6 Å². The van der Waals surface area contributed by atoms with Crippen molar-refractivity contribution in [2.75, 3.05) is 13.1 Å². The summed E-state index contributed by atoms with van der Waals surface area (Å²) in [6.45, 7) is 1.60. The fourth-order valence-corrected chi connectivity index (χ4v) is 3.36. The van der Waals surface area contributed by atoms with Gasteiger partial charge in [-0.2, -0.15) is 5.10 Å². The number of benzene rings is 1. The molecule has 0 radical (unpaired) electrons. The smallest absolute Gasteiger partial charge is 0.0931 e. The van der Waals surface area contributed by atoms with Gasteiger partial charge in [0.2, 0.25) is 0 Å². The Morgan fingerprint density at radius 3 is 2.95 bits per heavy atom. The Balaban J connectivity index is 1.73. The van der Waals surface area contributed by atoms with Crippen LogP contribution in [0.4, 0.5) is 0 Å². The van der Waals surface area contributed by atoms with E-state index in [1.807, 2.05) is 42.2 Å². The predicted molar refractivity (Wildman–Crippen MR) is 83.2 cm³/mol. The molecule has 0 bridgehead atoms. The maximum absolute atomic E-state index is 10.5. The van der Waals surface area contributed by atoms with Gasteiger partial charge in [-0.25, -0.2) is 0 Å². The fourth-order valence-electron chi connectivity index (χ4n) is 3.10. The lowest BCUT2D eigenvalue weighted by Crippen LogP contribution is -2.28. The number of hydrogen-bond donors (Lipinski definition) is 1. The Kier molecular flexibility index (Phi) is 4.29. The van der Waals surface area contributed by atoms with E-state index in [9.17, 15) is 5.11 Å². The van der Waals surface area contributed by atoms with Crippen LogP contribution in [0.25, 0.3) is 0 Å². The number of β-amino-alcohol motifs (C(OH)–C–C–N with tert-alkyl or cyclic N) is 1. The first-order valence-corrected chi connectivity index (χ1v) is 7.68. The molecule has 1 aliphatic rings. The Bertz CT molecular complexity index is 613. The Morgan fingerprint density at radius 2 is 2.24 bits per heavy atom. The third kappa shape index (κ3) is 3.12. The molecule has 21 heavy (non-hydrogen) atoms. The van der Waals surface area contributed by atoms with Crippen LogP contribution in [-0.4, -0.2) is 32.9 Å². The Morgan fingerprint density at radius 1 is 1.43 bits per heavy atom. The molecule has 4 nitrogen and oxygen atoms in total. The molecule has 1 aromatic heterocycles. The van der Waals surface area contributed by atoms with E-state index >= 15 is 0 Å². The number of aromatic nitrogens is 2. The number of halogens is 1. The zero-order valence-corrected chi connectivity index (χ0v) is 12.9. The van der Waals surface area contributed by atoms with E-state index in [0.29, 0.717) is 17.6 Å². The van der Waals surface area contributed by atoms with E-state index in [-0.39, 0.29) is 0 Å². The quantitative estimate of drug-likeness (QED) is 0.944. The highest BCUT2D eigenvalue weighted by molar-refractivity contribution is 6.31. The monoisotopic (exact) mass is 305 g/mol. The van der Waals surface area contributed by atoms with Crippen molar-refractivity contribution in [3.05, 3.63) is 52.8 Å². The molecular formula is C16H20ClN3O. The summed E-state index contributed by atoms with van der Waals surface area (Å²) in [5, 5.41) is 15.4. The zero-order chi connectivity index (χ0) is 14.8. The lowest BCUT2D eigenvalue weighted by molar-refractivity contribution is 0.106. The van der Waals surface area contributed by atoms with Crippen molar-refractivity contribution >= 4 is 11.6 Å². The largest absolute Gasteiger partial charge is 0.387 e. The number of aryl methyl sites for hydroxylation is 1.